The Bertz CT molecular complexity index is 165. The van der Waals surface area contributed by atoms with Crippen LogP contribution in [0, 0.1) is 0 Å². The smallest absolute Gasteiger partial charge is 0.0793 e. The lowest BCUT2D eigenvalue weighted by molar-refractivity contribution is 0.0840. The number of aliphatic hydroxyl groups excluding tert-OH is 2. The van der Waals surface area contributed by atoms with Crippen molar-refractivity contribution in [3.05, 3.63) is 24.4 Å². The van der Waals surface area contributed by atoms with Crippen LogP contribution in [0.1, 0.15) is 6.42 Å². The summed E-state index contributed by atoms with van der Waals surface area (Å²) in [5, 5.41) is 20.7. The first kappa shape index (κ1) is 8.30. The van der Waals surface area contributed by atoms with Crippen molar-refractivity contribution in [3.63, 3.8) is 0 Å². The summed E-state index contributed by atoms with van der Waals surface area (Å²) in [4.78, 5) is 0. The molecule has 1 aliphatic rings. The summed E-state index contributed by atoms with van der Waals surface area (Å²) < 4.78 is 0. The van der Waals surface area contributed by atoms with Crippen molar-refractivity contribution in [2.45, 2.75) is 18.6 Å². The second-order valence-electron chi connectivity index (χ2n) is 2.59. The van der Waals surface area contributed by atoms with Gasteiger partial charge in [0.15, 0.2) is 0 Å². The minimum atomic E-state index is -0.622. The zero-order valence-corrected chi connectivity index (χ0v) is 6.27. The van der Waals surface area contributed by atoms with E-state index >= 15 is 0 Å². The fourth-order valence-electron chi connectivity index (χ4n) is 1.00. The summed E-state index contributed by atoms with van der Waals surface area (Å²) in [6, 6.07) is 0.155. The van der Waals surface area contributed by atoms with Gasteiger partial charge in [-0.25, -0.2) is 0 Å². The van der Waals surface area contributed by atoms with E-state index in [2.05, 4.69) is 5.32 Å². The Labute approximate surface area is 66.0 Å². The van der Waals surface area contributed by atoms with Crippen LogP contribution in [-0.2, 0) is 0 Å². The molecule has 0 aromatic heterocycles. The van der Waals surface area contributed by atoms with Crippen molar-refractivity contribution in [1.82, 2.24) is 5.32 Å². The molecule has 0 saturated heterocycles. The zero-order chi connectivity index (χ0) is 8.10. The predicted molar refractivity (Wildman–Crippen MR) is 42.9 cm³/mol. The fraction of sp³-hybridized carbons (Fsp3) is 0.500. The molecular weight excluding hydrogens is 142 g/mol. The van der Waals surface area contributed by atoms with Gasteiger partial charge < -0.3 is 15.5 Å². The van der Waals surface area contributed by atoms with E-state index in [1.807, 2.05) is 24.4 Å². The maximum absolute atomic E-state index is 9.06. The van der Waals surface area contributed by atoms with Crippen LogP contribution in [0.2, 0.25) is 0 Å². The van der Waals surface area contributed by atoms with Gasteiger partial charge in [-0.1, -0.05) is 12.2 Å². The molecule has 0 radical (unpaired) electrons. The highest BCUT2D eigenvalue weighted by molar-refractivity contribution is 5.12. The van der Waals surface area contributed by atoms with Gasteiger partial charge in [-0.2, -0.15) is 0 Å². The molecule has 3 N–H and O–H groups in total. The summed E-state index contributed by atoms with van der Waals surface area (Å²) in [5.74, 6) is 0. The van der Waals surface area contributed by atoms with Crippen molar-refractivity contribution in [2.24, 2.45) is 0 Å². The molecule has 0 spiro atoms. The maximum atomic E-state index is 9.06. The van der Waals surface area contributed by atoms with Crippen LogP contribution >= 0.6 is 0 Å². The molecule has 11 heavy (non-hydrogen) atoms. The Morgan fingerprint density at radius 1 is 1.45 bits per heavy atom. The Hall–Kier alpha value is -0.800. The van der Waals surface area contributed by atoms with Gasteiger partial charge >= 0.3 is 0 Å². The van der Waals surface area contributed by atoms with E-state index in [4.69, 9.17) is 10.2 Å². The number of hydrogen-bond acceptors (Lipinski definition) is 3. The quantitative estimate of drug-likeness (QED) is 0.527. The van der Waals surface area contributed by atoms with Crippen molar-refractivity contribution in [2.75, 3.05) is 6.61 Å². The van der Waals surface area contributed by atoms with E-state index in [0.29, 0.717) is 6.42 Å². The van der Waals surface area contributed by atoms with Crippen LogP contribution in [0.5, 0.6) is 0 Å². The number of hydrogen-bond donors (Lipinski definition) is 3. The second kappa shape index (κ2) is 4.16. The van der Waals surface area contributed by atoms with Crippen molar-refractivity contribution in [3.8, 4) is 0 Å². The summed E-state index contributed by atoms with van der Waals surface area (Å²) in [5.41, 5.74) is 0. The largest absolute Gasteiger partial charge is 0.394 e. The van der Waals surface area contributed by atoms with Crippen LogP contribution in [0.4, 0.5) is 0 Å². The number of nitrogens with one attached hydrogen (secondary N) is 1. The minimum absolute atomic E-state index is 0.155. The molecule has 1 rings (SSSR count). The predicted octanol–water partition coefficient (Wildman–Crippen LogP) is -0.229. The molecule has 2 unspecified atom stereocenters. The third-order valence-electron chi connectivity index (χ3n) is 1.60. The molecule has 3 heteroatoms. The van der Waals surface area contributed by atoms with Crippen molar-refractivity contribution >= 4 is 0 Å². The Balaban J connectivity index is 2.27. The Kier molecular flexibility index (Phi) is 3.14. The molecular formula is C8H13NO2. The molecule has 62 valence electrons. The third kappa shape index (κ3) is 2.74. The van der Waals surface area contributed by atoms with Crippen molar-refractivity contribution < 1.29 is 10.2 Å². The van der Waals surface area contributed by atoms with Gasteiger partial charge in [0, 0.05) is 6.04 Å². The standard InChI is InChI=1S/C8H13NO2/c10-6-8(11)5-7-3-1-2-4-9-7/h1-4,7-11H,5-6H2. The lowest BCUT2D eigenvalue weighted by Crippen LogP contribution is -2.29. The summed E-state index contributed by atoms with van der Waals surface area (Å²) in [7, 11) is 0. The fourth-order valence-corrected chi connectivity index (χ4v) is 1.00. The maximum Gasteiger partial charge on any atom is 0.0793 e. The first-order valence-electron chi connectivity index (χ1n) is 3.71. The molecule has 0 amide bonds. The Morgan fingerprint density at radius 2 is 2.27 bits per heavy atom. The monoisotopic (exact) mass is 155 g/mol. The third-order valence-corrected chi connectivity index (χ3v) is 1.60. The molecule has 0 saturated carbocycles. The minimum Gasteiger partial charge on any atom is -0.394 e. The van der Waals surface area contributed by atoms with Gasteiger partial charge in [0.2, 0.25) is 0 Å². The molecule has 2 atom stereocenters. The SMILES string of the molecule is OCC(O)CC1C=CC=CN1. The van der Waals surface area contributed by atoms with Gasteiger partial charge in [-0.05, 0) is 18.7 Å². The lowest BCUT2D eigenvalue weighted by Gasteiger charge is -2.17. The van der Waals surface area contributed by atoms with E-state index in [9.17, 15) is 0 Å². The molecule has 0 bridgehead atoms. The summed E-state index contributed by atoms with van der Waals surface area (Å²) in [6.45, 7) is -0.171. The topological polar surface area (TPSA) is 52.5 Å². The average molecular weight is 155 g/mol. The van der Waals surface area contributed by atoms with Crippen LogP contribution in [0.25, 0.3) is 0 Å². The number of rotatable bonds is 3. The molecule has 0 aliphatic carbocycles. The van der Waals surface area contributed by atoms with Crippen molar-refractivity contribution in [1.29, 1.82) is 0 Å². The number of allylic oxidation sites excluding steroid dienone is 2. The van der Waals surface area contributed by atoms with Crippen LogP contribution < -0.4 is 5.32 Å². The lowest BCUT2D eigenvalue weighted by atomic mass is 10.1. The highest BCUT2D eigenvalue weighted by Gasteiger charge is 2.09. The molecule has 1 aliphatic heterocycles. The summed E-state index contributed by atoms with van der Waals surface area (Å²) >= 11 is 0. The van der Waals surface area contributed by atoms with Gasteiger partial charge in [-0.3, -0.25) is 0 Å². The Morgan fingerprint density at radius 3 is 2.82 bits per heavy atom. The average Bonchev–Trinajstić information content (AvgIpc) is 2.06. The van der Waals surface area contributed by atoms with E-state index in [0.717, 1.165) is 0 Å². The highest BCUT2D eigenvalue weighted by atomic mass is 16.3. The van der Waals surface area contributed by atoms with Gasteiger partial charge in [0.25, 0.3) is 0 Å². The first-order chi connectivity index (χ1) is 5.33. The normalized spacial score (nSPS) is 24.7. The van der Waals surface area contributed by atoms with E-state index in [1.165, 1.54) is 0 Å². The first-order valence-corrected chi connectivity index (χ1v) is 3.71. The number of dihydropyridines is 1. The van der Waals surface area contributed by atoms with Gasteiger partial charge in [-0.15, -0.1) is 0 Å². The van der Waals surface area contributed by atoms with E-state index in [1.54, 1.807) is 0 Å². The molecule has 3 nitrogen and oxygen atoms in total. The van der Waals surface area contributed by atoms with E-state index in [-0.39, 0.29) is 12.6 Å². The molecule has 0 fully saturated rings. The van der Waals surface area contributed by atoms with Gasteiger partial charge in [0.05, 0.1) is 12.7 Å². The highest BCUT2D eigenvalue weighted by Crippen LogP contribution is 2.02. The number of aliphatic hydroxyl groups is 2. The van der Waals surface area contributed by atoms with E-state index < -0.39 is 6.10 Å². The molecule has 0 aromatic rings. The van der Waals surface area contributed by atoms with Crippen LogP contribution in [0.3, 0.4) is 0 Å². The summed E-state index contributed by atoms with van der Waals surface area (Å²) in [6.07, 6.45) is 7.53. The van der Waals surface area contributed by atoms with Crippen LogP contribution in [-0.4, -0.2) is 29.0 Å². The van der Waals surface area contributed by atoms with Crippen LogP contribution in [0.15, 0.2) is 24.4 Å². The zero-order valence-electron chi connectivity index (χ0n) is 6.27. The second-order valence-corrected chi connectivity index (χ2v) is 2.59. The van der Waals surface area contributed by atoms with Gasteiger partial charge in [0.1, 0.15) is 0 Å². The molecule has 1 heterocycles. The molecule has 0 aromatic carbocycles.